The van der Waals surface area contributed by atoms with E-state index in [9.17, 15) is 0 Å². The summed E-state index contributed by atoms with van der Waals surface area (Å²) in [7, 11) is 0. The van der Waals surface area contributed by atoms with Crippen molar-refractivity contribution in [1.29, 1.82) is 0 Å². The zero-order chi connectivity index (χ0) is 16.4. The highest BCUT2D eigenvalue weighted by atomic mass is 28.1. The Kier molecular flexibility index (Phi) is 8.39. The Hall–Kier alpha value is 0.0569. The van der Waals surface area contributed by atoms with Crippen LogP contribution in [0.2, 0.25) is 0 Å². The molecule has 0 amide bonds. The summed E-state index contributed by atoms with van der Waals surface area (Å²) >= 11 is 0. The highest BCUT2D eigenvalue weighted by molar-refractivity contribution is 5.75. The van der Waals surface area contributed by atoms with Crippen LogP contribution in [0.3, 0.4) is 0 Å². The second kappa shape index (κ2) is 7.55. The maximum absolute atomic E-state index is 6.75. The molecular formula is C16H42N4Si. The average Bonchev–Trinajstić information content (AvgIpc) is 2.05. The molecule has 4 nitrogen and oxygen atoms in total. The molecule has 0 fully saturated rings. The van der Waals surface area contributed by atoms with E-state index in [0.717, 1.165) is 6.42 Å². The van der Waals surface area contributed by atoms with Crippen molar-refractivity contribution in [1.82, 2.24) is 16.0 Å². The number of rotatable bonds is 5. The Morgan fingerprint density at radius 3 is 1.29 bits per heavy atom. The van der Waals surface area contributed by atoms with Crippen LogP contribution in [0.1, 0.15) is 75.7 Å². The molecule has 5 heteroatoms. The van der Waals surface area contributed by atoms with Gasteiger partial charge in [-0.15, -0.1) is 0 Å². The van der Waals surface area contributed by atoms with Gasteiger partial charge in [0.25, 0.3) is 0 Å². The van der Waals surface area contributed by atoms with E-state index < -0.39 is 5.79 Å². The van der Waals surface area contributed by atoms with Crippen LogP contribution < -0.4 is 21.7 Å². The van der Waals surface area contributed by atoms with Crippen LogP contribution in [0, 0.1) is 0 Å². The maximum atomic E-state index is 6.75. The van der Waals surface area contributed by atoms with E-state index in [-0.39, 0.29) is 33.6 Å². The third-order valence-electron chi connectivity index (χ3n) is 2.73. The molecule has 1 atom stereocenters. The van der Waals surface area contributed by atoms with Gasteiger partial charge in [-0.1, -0.05) is 6.92 Å². The molecule has 130 valence electrons. The largest absolute Gasteiger partial charge is 0.305 e. The van der Waals surface area contributed by atoms with Gasteiger partial charge in [-0.3, -0.25) is 16.4 Å². The van der Waals surface area contributed by atoms with Crippen molar-refractivity contribution in [2.45, 2.75) is 104 Å². The van der Waals surface area contributed by atoms with E-state index >= 15 is 0 Å². The van der Waals surface area contributed by atoms with Gasteiger partial charge in [0.1, 0.15) is 5.79 Å². The van der Waals surface area contributed by atoms with Crippen molar-refractivity contribution in [2.75, 3.05) is 0 Å². The van der Waals surface area contributed by atoms with Gasteiger partial charge in [0.05, 0.1) is 6.04 Å². The molecule has 0 heterocycles. The molecule has 0 rings (SSSR count). The normalized spacial score (nSPS) is 15.6. The Morgan fingerprint density at radius 2 is 1.10 bits per heavy atom. The fourth-order valence-electron chi connectivity index (χ4n) is 2.51. The zero-order valence-electron chi connectivity index (χ0n) is 15.4. The molecule has 0 aliphatic carbocycles. The molecule has 0 radical (unpaired) electrons. The molecule has 0 bridgehead atoms. The highest BCUT2D eigenvalue weighted by Gasteiger charge is 2.40. The summed E-state index contributed by atoms with van der Waals surface area (Å²) in [6.45, 7) is 21.5. The minimum absolute atomic E-state index is 0. The van der Waals surface area contributed by atoms with Crippen molar-refractivity contribution in [3.05, 3.63) is 0 Å². The van der Waals surface area contributed by atoms with Crippen LogP contribution >= 0.6 is 0 Å². The van der Waals surface area contributed by atoms with Gasteiger partial charge in [0, 0.05) is 16.6 Å². The summed E-state index contributed by atoms with van der Waals surface area (Å²) in [4.78, 5) is 0. The summed E-state index contributed by atoms with van der Waals surface area (Å²) < 4.78 is 0. The average molecular weight is 319 g/mol. The van der Waals surface area contributed by atoms with Crippen LogP contribution in [0.4, 0.5) is 0 Å². The SMILES string of the molecule is CCC(NC(C)(C)C)C(N)(NC(C)(C)C)NC(C)(C)C.[SiH4]. The molecule has 0 saturated carbocycles. The van der Waals surface area contributed by atoms with Crippen LogP contribution in [0.5, 0.6) is 0 Å². The van der Waals surface area contributed by atoms with Crippen molar-refractivity contribution in [3.63, 3.8) is 0 Å². The number of hydrogen-bond donors (Lipinski definition) is 4. The van der Waals surface area contributed by atoms with Crippen molar-refractivity contribution < 1.29 is 0 Å². The third kappa shape index (κ3) is 10.4. The molecule has 21 heavy (non-hydrogen) atoms. The summed E-state index contributed by atoms with van der Waals surface area (Å²) in [6.07, 6.45) is 0.944. The van der Waals surface area contributed by atoms with E-state index in [1.54, 1.807) is 0 Å². The molecule has 5 N–H and O–H groups in total. The first-order chi connectivity index (χ1) is 8.58. The highest BCUT2D eigenvalue weighted by Crippen LogP contribution is 2.17. The van der Waals surface area contributed by atoms with Gasteiger partial charge in [-0.25, -0.2) is 0 Å². The number of nitrogens with one attached hydrogen (secondary N) is 3. The standard InChI is InChI=1S/C16H38N4.H4Si/c1-11-12(18-13(2,3)4)16(17,19-14(5,6)7)20-15(8,9)10;/h12,18-20H,11,17H2,1-10H3;1H4. The minimum atomic E-state index is -0.668. The smallest absolute Gasteiger partial charge is 0.137 e. The molecule has 0 aromatic carbocycles. The van der Waals surface area contributed by atoms with Crippen molar-refractivity contribution >= 4 is 11.0 Å². The van der Waals surface area contributed by atoms with Gasteiger partial charge in [-0.2, -0.15) is 0 Å². The Morgan fingerprint density at radius 1 is 0.762 bits per heavy atom. The Balaban J connectivity index is 0. The van der Waals surface area contributed by atoms with Crippen molar-refractivity contribution in [2.24, 2.45) is 5.73 Å². The summed E-state index contributed by atoms with van der Waals surface area (Å²) in [6, 6.07) is 0.126. The van der Waals surface area contributed by atoms with Crippen LogP contribution in [0.25, 0.3) is 0 Å². The summed E-state index contributed by atoms with van der Waals surface area (Å²) in [5, 5.41) is 10.8. The summed E-state index contributed by atoms with van der Waals surface area (Å²) in [5.41, 5.74) is 6.63. The lowest BCUT2D eigenvalue weighted by Crippen LogP contribution is -2.80. The van der Waals surface area contributed by atoms with Gasteiger partial charge >= 0.3 is 0 Å². The van der Waals surface area contributed by atoms with E-state index in [1.165, 1.54) is 0 Å². The lowest BCUT2D eigenvalue weighted by atomic mass is 9.95. The second-order valence-corrected chi connectivity index (χ2v) is 8.97. The first kappa shape index (κ1) is 23.3. The fourth-order valence-corrected chi connectivity index (χ4v) is 2.51. The third-order valence-corrected chi connectivity index (χ3v) is 2.73. The predicted molar refractivity (Wildman–Crippen MR) is 101 cm³/mol. The molecule has 0 aliphatic heterocycles. The Labute approximate surface area is 137 Å². The molecule has 0 aromatic rings. The maximum Gasteiger partial charge on any atom is 0.137 e. The summed E-state index contributed by atoms with van der Waals surface area (Å²) in [5.74, 6) is -0.668. The lowest BCUT2D eigenvalue weighted by molar-refractivity contribution is 0.0937. The monoisotopic (exact) mass is 318 g/mol. The zero-order valence-corrected chi connectivity index (χ0v) is 15.4. The topological polar surface area (TPSA) is 62.1 Å². The fraction of sp³-hybridized carbons (Fsp3) is 1.00. The molecule has 0 aromatic heterocycles. The molecule has 0 aliphatic rings. The molecule has 0 spiro atoms. The van der Waals surface area contributed by atoms with Gasteiger partial charge in [-0.05, 0) is 79.7 Å². The first-order valence-electron chi connectivity index (χ1n) is 7.73. The lowest BCUT2D eigenvalue weighted by Gasteiger charge is -2.48. The van der Waals surface area contributed by atoms with E-state index in [1.807, 2.05) is 0 Å². The predicted octanol–water partition coefficient (Wildman–Crippen LogP) is 1.09. The first-order valence-corrected chi connectivity index (χ1v) is 7.73. The molecule has 0 saturated heterocycles. The number of hydrogen-bond acceptors (Lipinski definition) is 4. The van der Waals surface area contributed by atoms with E-state index in [4.69, 9.17) is 5.73 Å². The Bertz CT molecular complexity index is 281. The van der Waals surface area contributed by atoms with Gasteiger partial charge in [0.15, 0.2) is 0 Å². The van der Waals surface area contributed by atoms with Crippen LogP contribution in [-0.4, -0.2) is 39.4 Å². The van der Waals surface area contributed by atoms with Crippen LogP contribution in [0.15, 0.2) is 0 Å². The minimum Gasteiger partial charge on any atom is -0.305 e. The quantitative estimate of drug-likeness (QED) is 0.453. The molecule has 1 unspecified atom stereocenters. The molecular weight excluding hydrogens is 276 g/mol. The number of nitrogens with two attached hydrogens (primary N) is 1. The van der Waals surface area contributed by atoms with E-state index in [0.29, 0.717) is 0 Å². The van der Waals surface area contributed by atoms with Gasteiger partial charge in [0.2, 0.25) is 0 Å². The van der Waals surface area contributed by atoms with E-state index in [2.05, 4.69) is 85.2 Å². The van der Waals surface area contributed by atoms with Crippen LogP contribution in [-0.2, 0) is 0 Å². The van der Waals surface area contributed by atoms with Gasteiger partial charge < -0.3 is 5.32 Å². The second-order valence-electron chi connectivity index (χ2n) is 8.97. The van der Waals surface area contributed by atoms with Crippen molar-refractivity contribution in [3.8, 4) is 0 Å².